The van der Waals surface area contributed by atoms with Crippen LogP contribution in [0.25, 0.3) is 32.2 Å². The Kier molecular flexibility index (Phi) is 4.36. The summed E-state index contributed by atoms with van der Waals surface area (Å²) < 4.78 is 32.1. The number of anilines is 1. The minimum absolute atomic E-state index is 0.00919. The number of rotatable bonds is 1. The summed E-state index contributed by atoms with van der Waals surface area (Å²) in [5.74, 6) is -1.49. The van der Waals surface area contributed by atoms with E-state index in [4.69, 9.17) is 5.73 Å². The smallest absolute Gasteiger partial charge is 0.256 e. The zero-order valence-electron chi connectivity index (χ0n) is 17.2. The highest BCUT2D eigenvalue weighted by atomic mass is 32.1. The molecule has 0 spiro atoms. The monoisotopic (exact) mass is 465 g/mol. The zero-order valence-corrected chi connectivity index (χ0v) is 18.0. The minimum Gasteiger partial charge on any atom is -0.389 e. The molecule has 166 valence electrons. The molecule has 8 nitrogen and oxygen atoms in total. The van der Waals surface area contributed by atoms with Gasteiger partial charge in [0.25, 0.3) is 5.91 Å². The molecule has 6 rings (SSSR count). The van der Waals surface area contributed by atoms with Crippen LogP contribution in [0.1, 0.15) is 22.3 Å². The summed E-state index contributed by atoms with van der Waals surface area (Å²) in [6.45, 7) is 2.39. The first kappa shape index (κ1) is 20.0. The summed E-state index contributed by atoms with van der Waals surface area (Å²) >= 11 is 0.943. The normalized spacial score (nSPS) is 18.3. The van der Waals surface area contributed by atoms with Crippen molar-refractivity contribution >= 4 is 43.4 Å². The largest absolute Gasteiger partial charge is 0.389 e. The van der Waals surface area contributed by atoms with E-state index >= 15 is 4.39 Å². The molecular weight excluding hydrogens is 448 g/mol. The number of nitrogens with one attached hydrogen (secondary N) is 1. The van der Waals surface area contributed by atoms with Crippen molar-refractivity contribution in [2.24, 2.45) is 0 Å². The van der Waals surface area contributed by atoms with Crippen LogP contribution in [0.3, 0.4) is 0 Å². The van der Waals surface area contributed by atoms with E-state index in [9.17, 15) is 14.4 Å². The summed E-state index contributed by atoms with van der Waals surface area (Å²) in [6.07, 6.45) is 0.684. The van der Waals surface area contributed by atoms with Gasteiger partial charge in [-0.1, -0.05) is 11.3 Å². The second-order valence-corrected chi connectivity index (χ2v) is 9.24. The van der Waals surface area contributed by atoms with E-state index < -0.39 is 11.6 Å². The summed E-state index contributed by atoms with van der Waals surface area (Å²) in [6, 6.07) is 5.85. The maximum absolute atomic E-state index is 15.7. The minimum atomic E-state index is -0.688. The number of hydrogen-bond donors (Lipinski definition) is 2. The van der Waals surface area contributed by atoms with Crippen LogP contribution in [0, 0.1) is 23.0 Å². The molecule has 0 saturated carbocycles. The number of nitrogen functional groups attached to an aromatic ring is 1. The number of halogens is 2. The standard InChI is InChI=1S/C22H17F2N7OS/c23-14-2-1-11(16-13(8-25)21(26)33-20(14)16)17-15(24)7-12-19-18(17)28-29-31(19)5-3-10-9-27-4-6-30(10)22(12)32/h1-2,7,10,27H,3-6,9,26H2/t10-/m1/s1. The lowest BCUT2D eigenvalue weighted by molar-refractivity contribution is 0.0613. The van der Waals surface area contributed by atoms with Crippen molar-refractivity contribution in [2.75, 3.05) is 25.4 Å². The van der Waals surface area contributed by atoms with E-state index in [1.54, 1.807) is 9.58 Å². The summed E-state index contributed by atoms with van der Waals surface area (Å²) in [5, 5.41) is 21.8. The molecule has 4 aromatic rings. The van der Waals surface area contributed by atoms with Gasteiger partial charge >= 0.3 is 0 Å². The van der Waals surface area contributed by atoms with Gasteiger partial charge in [-0.3, -0.25) is 4.79 Å². The maximum Gasteiger partial charge on any atom is 0.256 e. The Morgan fingerprint density at radius 2 is 2.09 bits per heavy atom. The first-order valence-corrected chi connectivity index (χ1v) is 11.3. The van der Waals surface area contributed by atoms with E-state index in [1.165, 1.54) is 18.2 Å². The molecule has 33 heavy (non-hydrogen) atoms. The fourth-order valence-corrected chi connectivity index (χ4v) is 5.87. The van der Waals surface area contributed by atoms with Crippen molar-refractivity contribution in [3.63, 3.8) is 0 Å². The number of nitrogens with zero attached hydrogens (tertiary/aromatic N) is 5. The average Bonchev–Trinajstić information content (AvgIpc) is 3.38. The Labute approximate surface area is 190 Å². The lowest BCUT2D eigenvalue weighted by Crippen LogP contribution is -2.54. The molecule has 2 aromatic carbocycles. The van der Waals surface area contributed by atoms with Crippen LogP contribution in [-0.2, 0) is 6.54 Å². The number of nitriles is 1. The number of fused-ring (bicyclic) bond motifs is 2. The van der Waals surface area contributed by atoms with E-state index in [0.717, 1.165) is 11.3 Å². The van der Waals surface area contributed by atoms with Crippen molar-refractivity contribution in [3.8, 4) is 17.2 Å². The Morgan fingerprint density at radius 1 is 1.24 bits per heavy atom. The molecule has 11 heteroatoms. The van der Waals surface area contributed by atoms with Gasteiger partial charge in [-0.15, -0.1) is 16.4 Å². The van der Waals surface area contributed by atoms with Gasteiger partial charge in [0.05, 0.1) is 15.8 Å². The molecule has 2 aromatic heterocycles. The van der Waals surface area contributed by atoms with E-state index in [0.29, 0.717) is 43.7 Å². The second-order valence-electron chi connectivity index (χ2n) is 8.19. The van der Waals surface area contributed by atoms with Crippen LogP contribution >= 0.6 is 11.3 Å². The van der Waals surface area contributed by atoms with Gasteiger partial charge < -0.3 is 16.0 Å². The van der Waals surface area contributed by atoms with Crippen molar-refractivity contribution < 1.29 is 13.6 Å². The molecule has 0 unspecified atom stereocenters. The predicted octanol–water partition coefficient (Wildman–Crippen LogP) is 2.86. The molecule has 2 aliphatic rings. The van der Waals surface area contributed by atoms with Crippen LogP contribution in [0.5, 0.6) is 0 Å². The highest BCUT2D eigenvalue weighted by Gasteiger charge is 2.34. The van der Waals surface area contributed by atoms with Crippen molar-refractivity contribution in [3.05, 3.63) is 41.0 Å². The Bertz CT molecular complexity index is 1520. The molecule has 1 saturated heterocycles. The molecule has 1 amide bonds. The third-order valence-corrected chi connectivity index (χ3v) is 7.48. The van der Waals surface area contributed by atoms with Crippen molar-refractivity contribution in [2.45, 2.75) is 19.0 Å². The van der Waals surface area contributed by atoms with Gasteiger partial charge in [0, 0.05) is 43.2 Å². The average molecular weight is 465 g/mol. The number of amides is 1. The molecule has 1 fully saturated rings. The number of aryl methyl sites for hydroxylation is 1. The van der Waals surface area contributed by atoms with Crippen LogP contribution < -0.4 is 11.1 Å². The molecule has 2 aliphatic heterocycles. The Balaban J connectivity index is 1.66. The Morgan fingerprint density at radius 3 is 2.91 bits per heavy atom. The predicted molar refractivity (Wildman–Crippen MR) is 120 cm³/mol. The number of thiophene rings is 1. The van der Waals surface area contributed by atoms with E-state index in [1.807, 2.05) is 6.07 Å². The van der Waals surface area contributed by atoms with E-state index in [2.05, 4.69) is 15.6 Å². The molecule has 0 radical (unpaired) electrons. The number of hydrogen-bond acceptors (Lipinski definition) is 7. The number of benzene rings is 2. The number of carbonyl (C=O) groups excluding carboxylic acids is 1. The lowest BCUT2D eigenvalue weighted by Gasteiger charge is -2.37. The highest BCUT2D eigenvalue weighted by Crippen LogP contribution is 2.44. The summed E-state index contributed by atoms with van der Waals surface area (Å²) in [5.41, 5.74) is 7.26. The van der Waals surface area contributed by atoms with Gasteiger partial charge in [0.1, 0.15) is 33.7 Å². The van der Waals surface area contributed by atoms with Gasteiger partial charge in [-0.2, -0.15) is 5.26 Å². The van der Waals surface area contributed by atoms with Crippen molar-refractivity contribution in [1.82, 2.24) is 25.2 Å². The third kappa shape index (κ3) is 2.77. The molecule has 4 heterocycles. The first-order chi connectivity index (χ1) is 16.0. The number of aromatic nitrogens is 3. The van der Waals surface area contributed by atoms with Crippen LogP contribution in [-0.4, -0.2) is 51.5 Å². The Hall–Kier alpha value is -3.62. The topological polar surface area (TPSA) is 113 Å². The summed E-state index contributed by atoms with van der Waals surface area (Å²) in [7, 11) is 0. The van der Waals surface area contributed by atoms with Gasteiger partial charge in [0.2, 0.25) is 0 Å². The first-order valence-electron chi connectivity index (χ1n) is 10.5. The fraction of sp³-hybridized carbons (Fsp3) is 0.273. The van der Waals surface area contributed by atoms with E-state index in [-0.39, 0.29) is 49.2 Å². The number of piperazine rings is 1. The van der Waals surface area contributed by atoms with Gasteiger partial charge in [-0.05, 0) is 24.1 Å². The molecule has 0 bridgehead atoms. The van der Waals surface area contributed by atoms with Crippen LogP contribution in [0.2, 0.25) is 0 Å². The van der Waals surface area contributed by atoms with Crippen molar-refractivity contribution in [1.29, 1.82) is 5.26 Å². The second kappa shape index (κ2) is 7.19. The number of carbonyl (C=O) groups is 1. The molecular formula is C22H17F2N7OS. The third-order valence-electron chi connectivity index (χ3n) is 6.45. The molecule has 3 N–H and O–H groups in total. The van der Waals surface area contributed by atoms with Gasteiger partial charge in [0.15, 0.2) is 0 Å². The SMILES string of the molecule is N#Cc1c(N)sc2c(F)ccc(-c3c(F)cc4c5c3nnn5CC[C@@H]3CNCCN3C4=O)c12. The molecule has 0 aliphatic carbocycles. The quantitative estimate of drug-likeness (QED) is 0.447. The maximum atomic E-state index is 15.7. The fourth-order valence-electron chi connectivity index (χ4n) is 4.93. The highest BCUT2D eigenvalue weighted by molar-refractivity contribution is 7.23. The molecule has 1 atom stereocenters. The van der Waals surface area contributed by atoms with Crippen LogP contribution in [0.15, 0.2) is 18.2 Å². The van der Waals surface area contributed by atoms with Gasteiger partial charge in [-0.25, -0.2) is 13.5 Å². The number of nitrogens with two attached hydrogens (primary N) is 1. The zero-order chi connectivity index (χ0) is 22.9. The lowest BCUT2D eigenvalue weighted by atomic mass is 9.94. The summed E-state index contributed by atoms with van der Waals surface area (Å²) in [4.78, 5) is 15.2. The van der Waals surface area contributed by atoms with Crippen LogP contribution in [0.4, 0.5) is 13.8 Å².